The lowest BCUT2D eigenvalue weighted by molar-refractivity contribution is -0.186. The van der Waals surface area contributed by atoms with E-state index in [-0.39, 0.29) is 19.0 Å². The molecular formula is C16H23F3N2. The highest BCUT2D eigenvalue weighted by atomic mass is 19.4. The molecule has 0 amide bonds. The van der Waals surface area contributed by atoms with Crippen LogP contribution in [0, 0.1) is 12.8 Å². The maximum absolute atomic E-state index is 12.9. The molecule has 21 heavy (non-hydrogen) atoms. The van der Waals surface area contributed by atoms with Crippen LogP contribution in [0.15, 0.2) is 24.3 Å². The predicted octanol–water partition coefficient (Wildman–Crippen LogP) is 3.53. The Bertz CT molecular complexity index is 442. The molecule has 0 aliphatic carbocycles. The molecule has 1 aromatic carbocycles. The Hall–Kier alpha value is -1.07. The number of nitrogens with one attached hydrogen (secondary N) is 1. The fraction of sp³-hybridized carbons (Fsp3) is 0.625. The van der Waals surface area contributed by atoms with Crippen LogP contribution < -0.4 is 5.32 Å². The number of hydrogen-bond donors (Lipinski definition) is 1. The molecule has 2 nitrogen and oxygen atoms in total. The first-order valence-electron chi connectivity index (χ1n) is 7.43. The third-order valence-corrected chi connectivity index (χ3v) is 4.24. The summed E-state index contributed by atoms with van der Waals surface area (Å²) in [5.74, 6) is -1.18. The Balaban J connectivity index is 1.99. The van der Waals surface area contributed by atoms with Gasteiger partial charge in [-0.15, -0.1) is 0 Å². The van der Waals surface area contributed by atoms with Gasteiger partial charge in [0, 0.05) is 19.1 Å². The van der Waals surface area contributed by atoms with Gasteiger partial charge in [-0.3, -0.25) is 0 Å². The molecule has 118 valence electrons. The summed E-state index contributed by atoms with van der Waals surface area (Å²) in [7, 11) is 1.86. The van der Waals surface area contributed by atoms with Gasteiger partial charge in [-0.25, -0.2) is 0 Å². The molecule has 1 saturated heterocycles. The highest BCUT2D eigenvalue weighted by Crippen LogP contribution is 2.33. The van der Waals surface area contributed by atoms with Crippen molar-refractivity contribution in [3.8, 4) is 0 Å². The van der Waals surface area contributed by atoms with Gasteiger partial charge in [-0.1, -0.05) is 29.8 Å². The van der Waals surface area contributed by atoms with E-state index in [2.05, 4.69) is 5.32 Å². The lowest BCUT2D eigenvalue weighted by Gasteiger charge is -2.35. The SMILES string of the molecule is CNC(CN1CCCC(C(F)(F)F)C1)c1ccc(C)cc1. The van der Waals surface area contributed by atoms with Crippen molar-refractivity contribution in [2.75, 3.05) is 26.7 Å². The zero-order valence-electron chi connectivity index (χ0n) is 12.6. The number of halogens is 3. The number of alkyl halides is 3. The number of benzene rings is 1. The molecule has 0 bridgehead atoms. The fourth-order valence-electron chi connectivity index (χ4n) is 2.91. The number of nitrogens with zero attached hydrogens (tertiary/aromatic N) is 1. The average molecular weight is 300 g/mol. The summed E-state index contributed by atoms with van der Waals surface area (Å²) in [4.78, 5) is 1.93. The van der Waals surface area contributed by atoms with Gasteiger partial charge in [0.15, 0.2) is 0 Å². The van der Waals surface area contributed by atoms with Crippen molar-refractivity contribution in [3.05, 3.63) is 35.4 Å². The number of piperidine rings is 1. The second-order valence-electron chi connectivity index (χ2n) is 5.89. The van der Waals surface area contributed by atoms with Crippen molar-refractivity contribution < 1.29 is 13.2 Å². The predicted molar refractivity (Wildman–Crippen MR) is 78.2 cm³/mol. The molecular weight excluding hydrogens is 277 g/mol. The average Bonchev–Trinajstić information content (AvgIpc) is 2.45. The molecule has 5 heteroatoms. The van der Waals surface area contributed by atoms with Gasteiger partial charge in [0.1, 0.15) is 0 Å². The van der Waals surface area contributed by atoms with Gasteiger partial charge in [-0.05, 0) is 38.9 Å². The molecule has 1 aliphatic heterocycles. The smallest absolute Gasteiger partial charge is 0.312 e. The maximum Gasteiger partial charge on any atom is 0.393 e. The van der Waals surface area contributed by atoms with Crippen LogP contribution in [-0.2, 0) is 0 Å². The highest BCUT2D eigenvalue weighted by Gasteiger charge is 2.41. The van der Waals surface area contributed by atoms with E-state index in [1.165, 1.54) is 5.56 Å². The zero-order chi connectivity index (χ0) is 15.5. The maximum atomic E-state index is 12.9. The van der Waals surface area contributed by atoms with Crippen molar-refractivity contribution in [1.82, 2.24) is 10.2 Å². The normalized spacial score (nSPS) is 22.2. The Morgan fingerprint density at radius 1 is 1.29 bits per heavy atom. The molecule has 1 fully saturated rings. The van der Waals surface area contributed by atoms with Crippen LogP contribution in [0.3, 0.4) is 0 Å². The third-order valence-electron chi connectivity index (χ3n) is 4.24. The first kappa shape index (κ1) is 16.3. The van der Waals surface area contributed by atoms with Crippen molar-refractivity contribution in [1.29, 1.82) is 0 Å². The lowest BCUT2D eigenvalue weighted by Crippen LogP contribution is -2.44. The summed E-state index contributed by atoms with van der Waals surface area (Å²) in [5.41, 5.74) is 2.31. The molecule has 2 unspecified atom stereocenters. The van der Waals surface area contributed by atoms with E-state index in [0.29, 0.717) is 13.0 Å². The lowest BCUT2D eigenvalue weighted by atomic mass is 9.96. The molecule has 1 aliphatic rings. The topological polar surface area (TPSA) is 15.3 Å². The molecule has 2 rings (SSSR count). The minimum absolute atomic E-state index is 0.0672. The van der Waals surface area contributed by atoms with Gasteiger partial charge >= 0.3 is 6.18 Å². The zero-order valence-corrected chi connectivity index (χ0v) is 12.6. The van der Waals surface area contributed by atoms with E-state index >= 15 is 0 Å². The van der Waals surface area contributed by atoms with Crippen LogP contribution in [0.4, 0.5) is 13.2 Å². The number of aryl methyl sites for hydroxylation is 1. The largest absolute Gasteiger partial charge is 0.393 e. The Morgan fingerprint density at radius 3 is 2.52 bits per heavy atom. The number of likely N-dealkylation sites (N-methyl/N-ethyl adjacent to an activating group) is 1. The number of likely N-dealkylation sites (tertiary alicyclic amines) is 1. The Morgan fingerprint density at radius 2 is 1.95 bits per heavy atom. The second-order valence-corrected chi connectivity index (χ2v) is 5.89. The molecule has 2 atom stereocenters. The first-order valence-corrected chi connectivity index (χ1v) is 7.43. The second kappa shape index (κ2) is 6.79. The molecule has 1 heterocycles. The molecule has 1 aromatic rings. The summed E-state index contributed by atoms with van der Waals surface area (Å²) in [6.07, 6.45) is -3.19. The fourth-order valence-corrected chi connectivity index (χ4v) is 2.91. The van der Waals surface area contributed by atoms with Crippen LogP contribution in [0.1, 0.15) is 30.0 Å². The van der Waals surface area contributed by atoms with E-state index < -0.39 is 12.1 Å². The Labute approximate surface area is 124 Å². The number of hydrogen-bond acceptors (Lipinski definition) is 2. The van der Waals surface area contributed by atoms with Gasteiger partial charge < -0.3 is 10.2 Å². The standard InChI is InChI=1S/C16H23F3N2/c1-12-5-7-13(8-6-12)15(20-2)11-21-9-3-4-14(10-21)16(17,18)19/h5-8,14-15,20H,3-4,9-11H2,1-2H3. The quantitative estimate of drug-likeness (QED) is 0.915. The summed E-state index contributed by atoms with van der Waals surface area (Å²) in [5, 5.41) is 3.22. The van der Waals surface area contributed by atoms with Crippen LogP contribution in [0.25, 0.3) is 0 Å². The first-order chi connectivity index (χ1) is 9.90. The van der Waals surface area contributed by atoms with E-state index in [1.807, 2.05) is 43.1 Å². The van der Waals surface area contributed by atoms with E-state index in [0.717, 1.165) is 12.1 Å². The van der Waals surface area contributed by atoms with Crippen molar-refractivity contribution in [2.45, 2.75) is 32.0 Å². The Kier molecular flexibility index (Phi) is 5.27. The summed E-state index contributed by atoms with van der Waals surface area (Å²) >= 11 is 0. The highest BCUT2D eigenvalue weighted by molar-refractivity contribution is 5.24. The van der Waals surface area contributed by atoms with Crippen LogP contribution in [-0.4, -0.2) is 37.8 Å². The van der Waals surface area contributed by atoms with Crippen LogP contribution in [0.5, 0.6) is 0 Å². The minimum atomic E-state index is -4.07. The van der Waals surface area contributed by atoms with Crippen LogP contribution in [0.2, 0.25) is 0 Å². The minimum Gasteiger partial charge on any atom is -0.312 e. The van der Waals surface area contributed by atoms with Gasteiger partial charge in [0.2, 0.25) is 0 Å². The van der Waals surface area contributed by atoms with Crippen molar-refractivity contribution in [2.24, 2.45) is 5.92 Å². The van der Waals surface area contributed by atoms with Crippen molar-refractivity contribution in [3.63, 3.8) is 0 Å². The van der Waals surface area contributed by atoms with E-state index in [1.54, 1.807) is 0 Å². The van der Waals surface area contributed by atoms with Gasteiger partial charge in [0.05, 0.1) is 5.92 Å². The number of rotatable bonds is 4. The summed E-state index contributed by atoms with van der Waals surface area (Å²) in [6.45, 7) is 3.51. The van der Waals surface area contributed by atoms with E-state index in [4.69, 9.17) is 0 Å². The van der Waals surface area contributed by atoms with Gasteiger partial charge in [-0.2, -0.15) is 13.2 Å². The summed E-state index contributed by atoms with van der Waals surface area (Å²) in [6, 6.07) is 8.23. The summed E-state index contributed by atoms with van der Waals surface area (Å²) < 4.78 is 38.6. The molecule has 0 spiro atoms. The van der Waals surface area contributed by atoms with Gasteiger partial charge in [0.25, 0.3) is 0 Å². The monoisotopic (exact) mass is 300 g/mol. The third kappa shape index (κ3) is 4.45. The van der Waals surface area contributed by atoms with Crippen LogP contribution >= 0.6 is 0 Å². The molecule has 0 saturated carbocycles. The van der Waals surface area contributed by atoms with Crippen molar-refractivity contribution >= 4 is 0 Å². The molecule has 1 N–H and O–H groups in total. The van der Waals surface area contributed by atoms with E-state index in [9.17, 15) is 13.2 Å². The molecule has 0 radical (unpaired) electrons. The molecule has 0 aromatic heterocycles.